The minimum Gasteiger partial charge on any atom is -0.441 e. The van der Waals surface area contributed by atoms with E-state index in [2.05, 4.69) is 15.3 Å². The van der Waals surface area contributed by atoms with Gasteiger partial charge in [-0.1, -0.05) is 35.9 Å². The summed E-state index contributed by atoms with van der Waals surface area (Å²) in [6.45, 7) is 4.09. The molecule has 6 nitrogen and oxygen atoms in total. The second-order valence-corrected chi connectivity index (χ2v) is 7.39. The average molecular weight is 418 g/mol. The summed E-state index contributed by atoms with van der Waals surface area (Å²) in [6.07, 6.45) is 5.64. The number of aryl methyl sites for hydroxylation is 3. The minimum absolute atomic E-state index is 0.148. The van der Waals surface area contributed by atoms with E-state index in [0.29, 0.717) is 35.1 Å². The number of carbonyl (C=O) groups excluding carboxylic acids is 1. The first-order valence-electron chi connectivity index (χ1n) is 10.1. The van der Waals surface area contributed by atoms with Gasteiger partial charge in [-0.3, -0.25) is 4.79 Å². The van der Waals surface area contributed by atoms with Gasteiger partial charge in [0.15, 0.2) is 11.7 Å². The van der Waals surface area contributed by atoms with Crippen molar-refractivity contribution >= 4 is 5.91 Å². The van der Waals surface area contributed by atoms with Gasteiger partial charge >= 0.3 is 0 Å². The molecule has 0 aliphatic carbocycles. The lowest BCUT2D eigenvalue weighted by Crippen LogP contribution is -2.23. The fourth-order valence-electron chi connectivity index (χ4n) is 3.27. The fraction of sp³-hybridized carbons (Fsp3) is 0.208. The first-order valence-corrected chi connectivity index (χ1v) is 10.1. The van der Waals surface area contributed by atoms with Crippen molar-refractivity contribution in [3.8, 4) is 17.0 Å². The molecule has 31 heavy (non-hydrogen) atoms. The van der Waals surface area contributed by atoms with Gasteiger partial charge in [-0.15, -0.1) is 0 Å². The van der Waals surface area contributed by atoms with Gasteiger partial charge in [-0.25, -0.2) is 14.4 Å². The maximum Gasteiger partial charge on any atom is 0.220 e. The fourth-order valence-corrected chi connectivity index (χ4v) is 3.27. The standard InChI is InChI=1S/C24H23FN4O2/c1-16-3-6-19(7-4-16)22-15-28-24(31-22)10-9-23(30)27-14-18-5-8-21(20(25)13-18)29-12-11-26-17(29)2/h3-8,11-13,15H,9-10,14H2,1-2H3,(H,27,30). The zero-order valence-electron chi connectivity index (χ0n) is 17.4. The number of aromatic nitrogens is 3. The SMILES string of the molecule is Cc1ccc(-c2cnc(CCC(=O)NCc3ccc(-n4ccnc4C)c(F)c3)o2)cc1. The summed E-state index contributed by atoms with van der Waals surface area (Å²) >= 11 is 0. The molecule has 1 N–H and O–H groups in total. The first kappa shape index (κ1) is 20.5. The summed E-state index contributed by atoms with van der Waals surface area (Å²) in [5, 5.41) is 2.81. The summed E-state index contributed by atoms with van der Waals surface area (Å²) in [7, 11) is 0. The Morgan fingerprint density at radius 2 is 1.94 bits per heavy atom. The molecule has 7 heteroatoms. The molecule has 0 unspecified atom stereocenters. The average Bonchev–Trinajstić information content (AvgIpc) is 3.40. The smallest absolute Gasteiger partial charge is 0.220 e. The molecule has 0 bridgehead atoms. The number of carbonyl (C=O) groups is 1. The van der Waals surface area contributed by atoms with Crippen molar-refractivity contribution in [1.82, 2.24) is 19.9 Å². The van der Waals surface area contributed by atoms with Crippen LogP contribution in [0.2, 0.25) is 0 Å². The lowest BCUT2D eigenvalue weighted by Gasteiger charge is -2.09. The largest absolute Gasteiger partial charge is 0.441 e. The molecule has 1 amide bonds. The van der Waals surface area contributed by atoms with Gasteiger partial charge in [0.05, 0.1) is 11.9 Å². The first-order chi connectivity index (χ1) is 15.0. The molecule has 158 valence electrons. The van der Waals surface area contributed by atoms with Gasteiger partial charge in [0.1, 0.15) is 11.6 Å². The highest BCUT2D eigenvalue weighted by Crippen LogP contribution is 2.21. The minimum atomic E-state index is -0.365. The lowest BCUT2D eigenvalue weighted by atomic mass is 10.1. The number of hydrogen-bond acceptors (Lipinski definition) is 4. The van der Waals surface area contributed by atoms with Crippen molar-refractivity contribution in [1.29, 1.82) is 0 Å². The van der Waals surface area contributed by atoms with Gasteiger partial charge in [-0.05, 0) is 31.5 Å². The van der Waals surface area contributed by atoms with E-state index in [9.17, 15) is 9.18 Å². The third kappa shape index (κ3) is 4.88. The zero-order valence-corrected chi connectivity index (χ0v) is 17.4. The number of hydrogen-bond donors (Lipinski definition) is 1. The summed E-state index contributed by atoms with van der Waals surface area (Å²) < 4.78 is 21.9. The van der Waals surface area contributed by atoms with E-state index in [4.69, 9.17) is 4.42 Å². The summed E-state index contributed by atoms with van der Waals surface area (Å²) in [4.78, 5) is 20.6. The zero-order chi connectivity index (χ0) is 21.8. The summed E-state index contributed by atoms with van der Waals surface area (Å²) in [5.41, 5.74) is 3.24. The van der Waals surface area contributed by atoms with Crippen molar-refractivity contribution in [3.05, 3.63) is 89.7 Å². The van der Waals surface area contributed by atoms with Crippen LogP contribution in [0.3, 0.4) is 0 Å². The van der Waals surface area contributed by atoms with Crippen LogP contribution in [0, 0.1) is 19.7 Å². The van der Waals surface area contributed by atoms with Crippen molar-refractivity contribution in [2.75, 3.05) is 0 Å². The van der Waals surface area contributed by atoms with Crippen LogP contribution in [-0.4, -0.2) is 20.4 Å². The monoisotopic (exact) mass is 418 g/mol. The van der Waals surface area contributed by atoms with Crippen LogP contribution in [0.15, 0.2) is 65.5 Å². The molecular formula is C24H23FN4O2. The molecule has 4 rings (SSSR count). The Morgan fingerprint density at radius 3 is 2.65 bits per heavy atom. The second-order valence-electron chi connectivity index (χ2n) is 7.39. The highest BCUT2D eigenvalue weighted by atomic mass is 19.1. The van der Waals surface area contributed by atoms with E-state index in [1.54, 1.807) is 35.3 Å². The lowest BCUT2D eigenvalue weighted by molar-refractivity contribution is -0.121. The third-order valence-corrected chi connectivity index (χ3v) is 5.04. The van der Waals surface area contributed by atoms with E-state index >= 15 is 0 Å². The Bertz CT molecular complexity index is 1190. The third-order valence-electron chi connectivity index (χ3n) is 5.04. The molecule has 0 saturated carbocycles. The van der Waals surface area contributed by atoms with E-state index in [1.807, 2.05) is 38.1 Å². The van der Waals surface area contributed by atoms with Crippen molar-refractivity contribution in [2.24, 2.45) is 0 Å². The molecule has 0 spiro atoms. The number of nitrogens with one attached hydrogen (secondary N) is 1. The number of benzene rings is 2. The van der Waals surface area contributed by atoms with Crippen LogP contribution in [0.4, 0.5) is 4.39 Å². The number of oxazole rings is 1. The highest BCUT2D eigenvalue weighted by molar-refractivity contribution is 5.76. The Morgan fingerprint density at radius 1 is 1.13 bits per heavy atom. The molecule has 0 atom stereocenters. The second kappa shape index (κ2) is 8.95. The Hall–Kier alpha value is -3.74. The Balaban J connectivity index is 1.29. The van der Waals surface area contributed by atoms with Crippen LogP contribution in [0.5, 0.6) is 0 Å². The molecule has 4 aromatic rings. The van der Waals surface area contributed by atoms with Crippen molar-refractivity contribution in [3.63, 3.8) is 0 Å². The van der Waals surface area contributed by atoms with Crippen LogP contribution in [0.25, 0.3) is 17.0 Å². The normalized spacial score (nSPS) is 10.9. The molecular weight excluding hydrogens is 395 g/mol. The van der Waals surface area contributed by atoms with Gasteiger partial charge in [0, 0.05) is 37.3 Å². The van der Waals surface area contributed by atoms with Crippen LogP contribution >= 0.6 is 0 Å². The van der Waals surface area contributed by atoms with E-state index < -0.39 is 0 Å². The highest BCUT2D eigenvalue weighted by Gasteiger charge is 2.11. The van der Waals surface area contributed by atoms with Gasteiger partial charge in [-0.2, -0.15) is 0 Å². The van der Waals surface area contributed by atoms with Crippen LogP contribution in [-0.2, 0) is 17.8 Å². The number of halogens is 1. The topological polar surface area (TPSA) is 73.0 Å². The van der Waals surface area contributed by atoms with E-state index in [1.165, 1.54) is 11.6 Å². The molecule has 0 fully saturated rings. The van der Waals surface area contributed by atoms with Crippen molar-refractivity contribution in [2.45, 2.75) is 33.2 Å². The van der Waals surface area contributed by atoms with E-state index in [-0.39, 0.29) is 24.7 Å². The Kier molecular flexibility index (Phi) is 5.93. The maximum absolute atomic E-state index is 14.5. The van der Waals surface area contributed by atoms with E-state index in [0.717, 1.165) is 5.56 Å². The quantitative estimate of drug-likeness (QED) is 0.479. The van der Waals surface area contributed by atoms with Crippen LogP contribution < -0.4 is 5.32 Å². The molecule has 0 saturated heterocycles. The summed E-state index contributed by atoms with van der Waals surface area (Å²) in [6, 6.07) is 12.9. The molecule has 0 aliphatic rings. The van der Waals surface area contributed by atoms with Gasteiger partial charge < -0.3 is 14.3 Å². The number of rotatable bonds is 7. The molecule has 2 heterocycles. The summed E-state index contributed by atoms with van der Waals surface area (Å²) in [5.74, 6) is 1.38. The number of imidazole rings is 1. The van der Waals surface area contributed by atoms with Gasteiger partial charge in [0.25, 0.3) is 0 Å². The van der Waals surface area contributed by atoms with Crippen LogP contribution in [0.1, 0.15) is 29.3 Å². The predicted octanol–water partition coefficient (Wildman–Crippen LogP) is 4.53. The number of amides is 1. The maximum atomic E-state index is 14.5. The predicted molar refractivity (Wildman–Crippen MR) is 115 cm³/mol. The molecule has 0 aliphatic heterocycles. The molecule has 0 radical (unpaired) electrons. The number of nitrogens with zero attached hydrogens (tertiary/aromatic N) is 3. The van der Waals surface area contributed by atoms with Crippen molar-refractivity contribution < 1.29 is 13.6 Å². The molecule has 2 aromatic carbocycles. The molecule has 2 aromatic heterocycles. The Labute approximate surface area is 179 Å². The van der Waals surface area contributed by atoms with Gasteiger partial charge in [0.2, 0.25) is 5.91 Å².